The highest BCUT2D eigenvalue weighted by molar-refractivity contribution is 8.00. The van der Waals surface area contributed by atoms with Crippen molar-refractivity contribution in [2.75, 3.05) is 31.9 Å². The molecular weight excluding hydrogens is 254 g/mol. The lowest BCUT2D eigenvalue weighted by molar-refractivity contribution is 0.210. The van der Waals surface area contributed by atoms with E-state index in [1.165, 1.54) is 58.0 Å². The Balaban J connectivity index is 1.73. The second-order valence-electron chi connectivity index (χ2n) is 5.76. The summed E-state index contributed by atoms with van der Waals surface area (Å²) in [5, 5.41) is 8.88. The molecule has 0 radical (unpaired) electrons. The molecule has 0 aromatic heterocycles. The average molecular weight is 283 g/mol. The van der Waals surface area contributed by atoms with Crippen LogP contribution in [0.4, 0.5) is 0 Å². The molecule has 19 heavy (non-hydrogen) atoms. The Morgan fingerprint density at radius 2 is 1.58 bits per heavy atom. The van der Waals surface area contributed by atoms with E-state index in [2.05, 4.69) is 16.7 Å². The molecule has 0 spiro atoms. The number of amidine groups is 1. The van der Waals surface area contributed by atoms with Crippen LogP contribution in [-0.4, -0.2) is 52.9 Å². The summed E-state index contributed by atoms with van der Waals surface area (Å²) in [7, 11) is 0. The van der Waals surface area contributed by atoms with Gasteiger partial charge >= 0.3 is 0 Å². The lowest BCUT2D eigenvalue weighted by atomic mass is 10.1. The van der Waals surface area contributed by atoms with Crippen molar-refractivity contribution in [3.05, 3.63) is 0 Å². The zero-order chi connectivity index (χ0) is 13.5. The van der Waals surface area contributed by atoms with Crippen LogP contribution in [0, 0.1) is 5.41 Å². The number of hydrogen-bond acceptors (Lipinski definition) is 3. The third kappa shape index (κ3) is 4.67. The molecule has 2 heterocycles. The fourth-order valence-electron chi connectivity index (χ4n) is 3.12. The fourth-order valence-corrected chi connectivity index (χ4v) is 4.31. The maximum atomic E-state index is 8.25. The van der Waals surface area contributed by atoms with Crippen molar-refractivity contribution >= 4 is 17.6 Å². The first-order valence-electron chi connectivity index (χ1n) is 7.99. The number of hydrogen-bond donors (Lipinski definition) is 1. The zero-order valence-electron chi connectivity index (χ0n) is 12.4. The van der Waals surface area contributed by atoms with Crippen LogP contribution >= 0.6 is 11.8 Å². The first-order chi connectivity index (χ1) is 9.31. The van der Waals surface area contributed by atoms with Gasteiger partial charge in [-0.25, -0.2) is 0 Å². The second kappa shape index (κ2) is 8.15. The molecule has 4 heteroatoms. The summed E-state index contributed by atoms with van der Waals surface area (Å²) in [6.07, 6.45) is 9.23. The minimum Gasteiger partial charge on any atom is -0.360 e. The highest BCUT2D eigenvalue weighted by Gasteiger charge is 2.21. The van der Waals surface area contributed by atoms with E-state index >= 15 is 0 Å². The molecule has 0 aromatic rings. The molecule has 1 N–H and O–H groups in total. The molecule has 0 saturated carbocycles. The molecule has 2 fully saturated rings. The van der Waals surface area contributed by atoms with E-state index in [9.17, 15) is 0 Å². The molecule has 0 aliphatic carbocycles. The van der Waals surface area contributed by atoms with Gasteiger partial charge in [0.25, 0.3) is 0 Å². The van der Waals surface area contributed by atoms with Crippen molar-refractivity contribution in [3.63, 3.8) is 0 Å². The summed E-state index contributed by atoms with van der Waals surface area (Å²) in [5.74, 6) is 1.76. The summed E-state index contributed by atoms with van der Waals surface area (Å²) in [6, 6.07) is 0. The van der Waals surface area contributed by atoms with Crippen LogP contribution in [0.25, 0.3) is 0 Å². The molecule has 3 nitrogen and oxygen atoms in total. The van der Waals surface area contributed by atoms with Crippen molar-refractivity contribution < 1.29 is 0 Å². The molecule has 110 valence electrons. The van der Waals surface area contributed by atoms with Crippen molar-refractivity contribution in [2.24, 2.45) is 0 Å². The molecule has 2 aliphatic rings. The normalized spacial score (nSPS) is 23.3. The highest BCUT2D eigenvalue weighted by Crippen LogP contribution is 2.24. The molecule has 2 aliphatic heterocycles. The van der Waals surface area contributed by atoms with E-state index in [1.54, 1.807) is 0 Å². The van der Waals surface area contributed by atoms with Crippen LogP contribution in [0.1, 0.15) is 51.9 Å². The summed E-state index contributed by atoms with van der Waals surface area (Å²) < 4.78 is 0. The number of thioether (sulfide) groups is 1. The van der Waals surface area contributed by atoms with E-state index in [4.69, 9.17) is 5.41 Å². The van der Waals surface area contributed by atoms with Crippen LogP contribution in [0.2, 0.25) is 0 Å². The molecule has 1 unspecified atom stereocenters. The smallest absolute Gasteiger partial charge is 0.106 e. The van der Waals surface area contributed by atoms with Gasteiger partial charge in [-0.15, -0.1) is 11.8 Å². The molecule has 2 rings (SSSR count). The SMILES string of the molecule is CCC(SCC(=N)N1CCCCC1)N1CCCCC1. The lowest BCUT2D eigenvalue weighted by Gasteiger charge is -2.35. The molecule has 0 aromatic carbocycles. The number of nitrogens with one attached hydrogen (secondary N) is 1. The first kappa shape index (κ1) is 15.2. The first-order valence-corrected chi connectivity index (χ1v) is 9.04. The second-order valence-corrected chi connectivity index (χ2v) is 6.93. The zero-order valence-corrected chi connectivity index (χ0v) is 13.2. The number of nitrogens with zero attached hydrogens (tertiary/aromatic N) is 2. The lowest BCUT2D eigenvalue weighted by Crippen LogP contribution is -2.40. The quantitative estimate of drug-likeness (QED) is 0.619. The molecule has 1 atom stereocenters. The van der Waals surface area contributed by atoms with Crippen LogP contribution in [0.15, 0.2) is 0 Å². The Morgan fingerprint density at radius 1 is 1.00 bits per heavy atom. The molecule has 2 saturated heterocycles. The van der Waals surface area contributed by atoms with Crippen molar-refractivity contribution in [2.45, 2.75) is 57.2 Å². The number of likely N-dealkylation sites (tertiary alicyclic amines) is 2. The van der Waals surface area contributed by atoms with Gasteiger partial charge in [-0.1, -0.05) is 13.3 Å². The number of rotatable bonds is 5. The molecule has 0 amide bonds. The van der Waals surface area contributed by atoms with Gasteiger partial charge in [-0.3, -0.25) is 10.3 Å². The summed E-state index contributed by atoms with van der Waals surface area (Å²) in [6.45, 7) is 7.04. The van der Waals surface area contributed by atoms with E-state index < -0.39 is 0 Å². The third-order valence-electron chi connectivity index (χ3n) is 4.30. The van der Waals surface area contributed by atoms with Gasteiger partial charge in [0.15, 0.2) is 0 Å². The van der Waals surface area contributed by atoms with Gasteiger partial charge in [0.2, 0.25) is 0 Å². The maximum Gasteiger partial charge on any atom is 0.106 e. The highest BCUT2D eigenvalue weighted by atomic mass is 32.2. The summed E-state index contributed by atoms with van der Waals surface area (Å²) >= 11 is 1.99. The molecule has 0 bridgehead atoms. The minimum atomic E-state index is 0.630. The van der Waals surface area contributed by atoms with Gasteiger partial charge < -0.3 is 4.90 Å². The Kier molecular flexibility index (Phi) is 6.51. The predicted molar refractivity (Wildman–Crippen MR) is 85.1 cm³/mol. The van der Waals surface area contributed by atoms with Crippen LogP contribution in [-0.2, 0) is 0 Å². The number of piperidine rings is 2. The topological polar surface area (TPSA) is 30.3 Å². The van der Waals surface area contributed by atoms with Gasteiger partial charge in [-0.2, -0.15) is 0 Å². The average Bonchev–Trinajstić information content (AvgIpc) is 2.49. The van der Waals surface area contributed by atoms with Gasteiger partial charge in [-0.05, 0) is 51.6 Å². The van der Waals surface area contributed by atoms with Crippen LogP contribution in [0.3, 0.4) is 0 Å². The summed E-state index contributed by atoms with van der Waals surface area (Å²) in [5.41, 5.74) is 0. The monoisotopic (exact) mass is 283 g/mol. The maximum absolute atomic E-state index is 8.25. The van der Waals surface area contributed by atoms with Gasteiger partial charge in [0.1, 0.15) is 5.84 Å². The van der Waals surface area contributed by atoms with Crippen LogP contribution < -0.4 is 0 Å². The Hall–Kier alpha value is -0.220. The molecular formula is C15H29N3S. The largest absolute Gasteiger partial charge is 0.360 e. The summed E-state index contributed by atoms with van der Waals surface area (Å²) in [4.78, 5) is 4.93. The van der Waals surface area contributed by atoms with Crippen molar-refractivity contribution in [1.82, 2.24) is 9.80 Å². The van der Waals surface area contributed by atoms with E-state index in [0.717, 1.165) is 24.7 Å². The van der Waals surface area contributed by atoms with E-state index in [-0.39, 0.29) is 0 Å². The van der Waals surface area contributed by atoms with E-state index in [1.807, 2.05) is 11.8 Å². The standard InChI is InChI=1S/C15H29N3S/c1-2-15(18-11-7-4-8-12-18)19-13-14(16)17-9-5-3-6-10-17/h15-16H,2-13H2,1H3. The predicted octanol–water partition coefficient (Wildman–Crippen LogP) is 3.40. The fraction of sp³-hybridized carbons (Fsp3) is 0.933. The minimum absolute atomic E-state index is 0.630. The van der Waals surface area contributed by atoms with Crippen molar-refractivity contribution in [3.8, 4) is 0 Å². The van der Waals surface area contributed by atoms with Crippen LogP contribution in [0.5, 0.6) is 0 Å². The Bertz CT molecular complexity index is 271. The van der Waals surface area contributed by atoms with E-state index in [0.29, 0.717) is 5.37 Å². The van der Waals surface area contributed by atoms with Gasteiger partial charge in [0.05, 0.1) is 11.1 Å². The Morgan fingerprint density at radius 3 is 2.16 bits per heavy atom. The van der Waals surface area contributed by atoms with Gasteiger partial charge in [0, 0.05) is 13.1 Å². The van der Waals surface area contributed by atoms with Crippen molar-refractivity contribution in [1.29, 1.82) is 5.41 Å². The third-order valence-corrected chi connectivity index (χ3v) is 5.75. The Labute approximate surface area is 122 Å².